The van der Waals surface area contributed by atoms with Crippen LogP contribution in [0.5, 0.6) is 0 Å². The van der Waals surface area contributed by atoms with E-state index in [1.165, 1.54) is 0 Å². The molecule has 196 valence electrons. The lowest BCUT2D eigenvalue weighted by molar-refractivity contribution is -0.154. The van der Waals surface area contributed by atoms with Crippen molar-refractivity contribution in [2.24, 2.45) is 11.8 Å². The fraction of sp³-hybridized carbons (Fsp3) is 0.741. The van der Waals surface area contributed by atoms with Gasteiger partial charge in [-0.1, -0.05) is 25.0 Å². The molecule has 0 saturated carbocycles. The number of aliphatic hydroxyl groups is 1. The highest BCUT2D eigenvalue weighted by Gasteiger charge is 2.74. The monoisotopic (exact) mass is 506 g/mol. The number of carbonyl (C=O) groups excluding carboxylic acids is 3. The number of ether oxygens (including phenoxy) is 1. The van der Waals surface area contributed by atoms with Gasteiger partial charge in [-0.3, -0.25) is 14.4 Å². The van der Waals surface area contributed by atoms with E-state index in [2.05, 4.69) is 13.2 Å². The number of carbonyl (C=O) groups is 3. The van der Waals surface area contributed by atoms with Crippen LogP contribution in [0.25, 0.3) is 0 Å². The molecule has 2 amide bonds. The maximum absolute atomic E-state index is 14.2. The lowest BCUT2D eigenvalue weighted by Gasteiger charge is -2.42. The molecular weight excluding hydrogens is 464 g/mol. The first-order valence-corrected chi connectivity index (χ1v) is 13.8. The molecule has 1 N–H and O–H groups in total. The van der Waals surface area contributed by atoms with Gasteiger partial charge >= 0.3 is 5.97 Å². The van der Waals surface area contributed by atoms with Crippen molar-refractivity contribution in [2.75, 3.05) is 26.3 Å². The Morgan fingerprint density at radius 1 is 1.23 bits per heavy atom. The number of rotatable bonds is 13. The van der Waals surface area contributed by atoms with E-state index in [1.807, 2.05) is 25.7 Å². The SMILES string of the molecule is C=CCCOC(=O)[C@@H]1[C@@H]2CCC3(S2)C(C(=O)N(CC=C)C(C)(C)C)N(CCCCCCO)C(=O)[C@H]13. The van der Waals surface area contributed by atoms with Gasteiger partial charge in [0.15, 0.2) is 0 Å². The molecule has 2 unspecified atom stereocenters. The molecule has 1 spiro atoms. The molecular formula is C27H42N2O5S. The normalized spacial score (nSPS) is 29.3. The summed E-state index contributed by atoms with van der Waals surface area (Å²) in [6, 6.07) is -0.599. The fourth-order valence-electron chi connectivity index (χ4n) is 6.00. The summed E-state index contributed by atoms with van der Waals surface area (Å²) in [4.78, 5) is 44.9. The van der Waals surface area contributed by atoms with Crippen LogP contribution < -0.4 is 0 Å². The Kier molecular flexibility index (Phi) is 9.13. The fourth-order valence-corrected chi connectivity index (χ4v) is 8.20. The highest BCUT2D eigenvalue weighted by Crippen LogP contribution is 2.66. The van der Waals surface area contributed by atoms with Crippen molar-refractivity contribution >= 4 is 29.5 Å². The number of aliphatic hydroxyl groups excluding tert-OH is 1. The summed E-state index contributed by atoms with van der Waals surface area (Å²) >= 11 is 1.67. The van der Waals surface area contributed by atoms with Crippen molar-refractivity contribution in [3.05, 3.63) is 25.3 Å². The molecule has 0 aliphatic carbocycles. The number of amides is 2. The van der Waals surface area contributed by atoms with Crippen molar-refractivity contribution < 1.29 is 24.2 Å². The van der Waals surface area contributed by atoms with Gasteiger partial charge in [0, 0.05) is 30.5 Å². The second kappa shape index (κ2) is 11.5. The minimum atomic E-state index is -0.600. The maximum Gasteiger partial charge on any atom is 0.310 e. The average Bonchev–Trinajstić information content (AvgIpc) is 3.44. The van der Waals surface area contributed by atoms with Crippen LogP contribution in [0.3, 0.4) is 0 Å². The van der Waals surface area contributed by atoms with Crippen LogP contribution in [0.1, 0.15) is 65.7 Å². The van der Waals surface area contributed by atoms with Gasteiger partial charge in [0.2, 0.25) is 11.8 Å². The molecule has 5 atom stereocenters. The molecule has 3 heterocycles. The van der Waals surface area contributed by atoms with Gasteiger partial charge in [-0.2, -0.15) is 0 Å². The summed E-state index contributed by atoms with van der Waals surface area (Å²) < 4.78 is 4.94. The largest absolute Gasteiger partial charge is 0.465 e. The first-order chi connectivity index (χ1) is 16.6. The predicted octanol–water partition coefficient (Wildman–Crippen LogP) is 3.56. The molecule has 0 aromatic rings. The zero-order valence-corrected chi connectivity index (χ0v) is 22.4. The summed E-state index contributed by atoms with van der Waals surface area (Å²) in [5.74, 6) is -1.50. The van der Waals surface area contributed by atoms with Crippen LogP contribution in [0.15, 0.2) is 25.3 Å². The van der Waals surface area contributed by atoms with Crippen LogP contribution in [0.4, 0.5) is 0 Å². The standard InChI is InChI=1S/C27H42N2O5S/c1-6-8-18-34-25(33)20-19-13-14-27(35-19)21(20)23(31)28(16-11-9-10-12-17-30)22(27)24(32)29(15-7-2)26(3,4)5/h6-7,19-22,30H,1-2,8-18H2,3-5H3/t19-,20+,21-,22?,27?/m0/s1. The molecule has 3 aliphatic rings. The number of unbranched alkanes of at least 4 members (excludes halogenated alkanes) is 3. The van der Waals surface area contributed by atoms with E-state index in [-0.39, 0.29) is 36.2 Å². The zero-order chi connectivity index (χ0) is 25.8. The molecule has 8 heteroatoms. The smallest absolute Gasteiger partial charge is 0.310 e. The summed E-state index contributed by atoms with van der Waals surface area (Å²) in [6.45, 7) is 14.8. The highest BCUT2D eigenvalue weighted by atomic mass is 32.2. The quantitative estimate of drug-likeness (QED) is 0.234. The molecule has 0 aromatic carbocycles. The lowest BCUT2D eigenvalue weighted by Crippen LogP contribution is -2.58. The molecule has 3 fully saturated rings. The molecule has 0 radical (unpaired) electrons. The summed E-state index contributed by atoms with van der Waals surface area (Å²) in [5.41, 5.74) is -0.430. The van der Waals surface area contributed by atoms with Gasteiger partial charge in [-0.15, -0.1) is 24.9 Å². The Labute approximate surface area is 214 Å². The highest BCUT2D eigenvalue weighted by molar-refractivity contribution is 8.02. The Morgan fingerprint density at radius 3 is 2.57 bits per heavy atom. The summed E-state index contributed by atoms with van der Waals surface area (Å²) in [5, 5.41) is 9.09. The minimum absolute atomic E-state index is 0.00433. The van der Waals surface area contributed by atoms with Gasteiger partial charge < -0.3 is 19.6 Å². The third kappa shape index (κ3) is 5.33. The first-order valence-electron chi connectivity index (χ1n) is 12.9. The van der Waals surface area contributed by atoms with Gasteiger partial charge in [-0.25, -0.2) is 0 Å². The molecule has 7 nitrogen and oxygen atoms in total. The van der Waals surface area contributed by atoms with Crippen LogP contribution in [0, 0.1) is 11.8 Å². The van der Waals surface area contributed by atoms with Crippen molar-refractivity contribution in [2.45, 2.75) is 87.3 Å². The second-order valence-corrected chi connectivity index (χ2v) is 12.5. The van der Waals surface area contributed by atoms with Gasteiger partial charge in [0.1, 0.15) is 6.04 Å². The van der Waals surface area contributed by atoms with Crippen molar-refractivity contribution in [3.8, 4) is 0 Å². The van der Waals surface area contributed by atoms with E-state index in [0.717, 1.165) is 38.5 Å². The number of nitrogens with zero attached hydrogens (tertiary/aromatic N) is 2. The third-order valence-corrected chi connectivity index (χ3v) is 9.52. The maximum atomic E-state index is 14.2. The minimum Gasteiger partial charge on any atom is -0.465 e. The Morgan fingerprint density at radius 2 is 1.94 bits per heavy atom. The Balaban J connectivity index is 1.93. The number of esters is 1. The topological polar surface area (TPSA) is 87.2 Å². The Bertz CT molecular complexity index is 825. The molecule has 35 heavy (non-hydrogen) atoms. The van der Waals surface area contributed by atoms with Crippen LogP contribution in [-0.2, 0) is 19.1 Å². The lowest BCUT2D eigenvalue weighted by atomic mass is 9.71. The van der Waals surface area contributed by atoms with Crippen molar-refractivity contribution in [3.63, 3.8) is 0 Å². The van der Waals surface area contributed by atoms with Gasteiger partial charge in [0.25, 0.3) is 0 Å². The molecule has 3 aliphatic heterocycles. The average molecular weight is 507 g/mol. The van der Waals surface area contributed by atoms with E-state index in [1.54, 1.807) is 28.8 Å². The van der Waals surface area contributed by atoms with E-state index in [0.29, 0.717) is 19.5 Å². The molecule has 3 rings (SSSR count). The summed E-state index contributed by atoms with van der Waals surface area (Å²) in [7, 11) is 0. The van der Waals surface area contributed by atoms with E-state index in [4.69, 9.17) is 9.84 Å². The van der Waals surface area contributed by atoms with Gasteiger partial charge in [0.05, 0.1) is 23.2 Å². The number of thioether (sulfide) groups is 1. The Hall–Kier alpha value is -1.80. The van der Waals surface area contributed by atoms with Crippen LogP contribution in [0.2, 0.25) is 0 Å². The molecule has 3 saturated heterocycles. The molecule has 2 bridgehead atoms. The zero-order valence-electron chi connectivity index (χ0n) is 21.5. The number of hydrogen-bond acceptors (Lipinski definition) is 6. The van der Waals surface area contributed by atoms with Crippen LogP contribution >= 0.6 is 11.8 Å². The van der Waals surface area contributed by atoms with Crippen molar-refractivity contribution in [1.82, 2.24) is 9.80 Å². The number of likely N-dealkylation sites (tertiary alicyclic amines) is 1. The number of hydrogen-bond donors (Lipinski definition) is 1. The van der Waals surface area contributed by atoms with E-state index < -0.39 is 28.2 Å². The predicted molar refractivity (Wildman–Crippen MR) is 139 cm³/mol. The molecule has 0 aromatic heterocycles. The number of fused-ring (bicyclic) bond motifs is 1. The summed E-state index contributed by atoms with van der Waals surface area (Å²) in [6.07, 6.45) is 8.82. The van der Waals surface area contributed by atoms with Gasteiger partial charge in [-0.05, 0) is 52.9 Å². The van der Waals surface area contributed by atoms with E-state index in [9.17, 15) is 14.4 Å². The first kappa shape index (κ1) is 27.8. The second-order valence-electron chi connectivity index (χ2n) is 10.9. The third-order valence-electron chi connectivity index (χ3n) is 7.57. The van der Waals surface area contributed by atoms with Crippen molar-refractivity contribution in [1.29, 1.82) is 0 Å². The van der Waals surface area contributed by atoms with Crippen LogP contribution in [-0.4, -0.2) is 80.6 Å². The van der Waals surface area contributed by atoms with E-state index >= 15 is 0 Å².